The third kappa shape index (κ3) is 3.90. The summed E-state index contributed by atoms with van der Waals surface area (Å²) in [5.41, 5.74) is 0. The summed E-state index contributed by atoms with van der Waals surface area (Å²) in [6.45, 7) is 1.94. The number of hydrogen-bond acceptors (Lipinski definition) is 1. The number of amides is 2. The Balaban J connectivity index is 2.57. The quantitative estimate of drug-likeness (QED) is 0.741. The molecule has 1 aliphatic rings. The molecular weight excluding hydrogens is 221 g/mol. The van der Waals surface area contributed by atoms with E-state index < -0.39 is 18.8 Å². The van der Waals surface area contributed by atoms with Gasteiger partial charge in [0, 0.05) is 19.6 Å². The van der Waals surface area contributed by atoms with E-state index in [1.165, 1.54) is 4.90 Å². The van der Waals surface area contributed by atoms with Gasteiger partial charge in [0.25, 0.3) is 0 Å². The maximum atomic E-state index is 12.3. The molecule has 0 N–H and O–H groups in total. The van der Waals surface area contributed by atoms with Gasteiger partial charge < -0.3 is 9.80 Å². The van der Waals surface area contributed by atoms with Gasteiger partial charge in [-0.25, -0.2) is 4.79 Å². The summed E-state index contributed by atoms with van der Waals surface area (Å²) < 4.78 is 36.8. The lowest BCUT2D eigenvalue weighted by Crippen LogP contribution is -2.46. The lowest BCUT2D eigenvalue weighted by atomic mass is 10.4. The van der Waals surface area contributed by atoms with Crippen molar-refractivity contribution in [3.05, 3.63) is 0 Å². The van der Waals surface area contributed by atoms with Crippen LogP contribution in [0.2, 0.25) is 0 Å². The Kier molecular flexibility index (Phi) is 4.44. The third-order valence-electron chi connectivity index (χ3n) is 2.51. The van der Waals surface area contributed by atoms with Crippen molar-refractivity contribution in [3.63, 3.8) is 0 Å². The van der Waals surface area contributed by atoms with Crippen LogP contribution in [0.3, 0.4) is 0 Å². The largest absolute Gasteiger partial charge is 0.406 e. The van der Waals surface area contributed by atoms with Crippen LogP contribution in [0.25, 0.3) is 0 Å². The highest BCUT2D eigenvalue weighted by atomic mass is 19.4. The Morgan fingerprint density at radius 1 is 1.31 bits per heavy atom. The summed E-state index contributed by atoms with van der Waals surface area (Å²) in [6, 6.07) is -0.475. The van der Waals surface area contributed by atoms with E-state index in [-0.39, 0.29) is 6.54 Å². The van der Waals surface area contributed by atoms with E-state index in [2.05, 4.69) is 0 Å². The van der Waals surface area contributed by atoms with Gasteiger partial charge >= 0.3 is 12.2 Å². The van der Waals surface area contributed by atoms with Crippen molar-refractivity contribution in [2.24, 2.45) is 0 Å². The SMILES string of the molecule is CCCN(CC(F)(F)F)C(=O)N1CCCC1. The second-order valence-electron chi connectivity index (χ2n) is 4.01. The molecule has 1 rings (SSSR count). The van der Waals surface area contributed by atoms with E-state index in [0.717, 1.165) is 17.7 Å². The van der Waals surface area contributed by atoms with Crippen molar-refractivity contribution in [2.45, 2.75) is 32.4 Å². The maximum Gasteiger partial charge on any atom is 0.406 e. The number of likely N-dealkylation sites (tertiary alicyclic amines) is 1. The molecule has 94 valence electrons. The van der Waals surface area contributed by atoms with E-state index in [9.17, 15) is 18.0 Å². The Morgan fingerprint density at radius 2 is 1.88 bits per heavy atom. The van der Waals surface area contributed by atoms with Gasteiger partial charge in [0.2, 0.25) is 0 Å². The molecule has 0 saturated carbocycles. The number of halogens is 3. The highest BCUT2D eigenvalue weighted by molar-refractivity contribution is 5.74. The average Bonchev–Trinajstić information content (AvgIpc) is 2.66. The summed E-state index contributed by atoms with van der Waals surface area (Å²) in [7, 11) is 0. The zero-order chi connectivity index (χ0) is 12.2. The Hall–Kier alpha value is -0.940. The summed E-state index contributed by atoms with van der Waals surface area (Å²) in [4.78, 5) is 14.2. The van der Waals surface area contributed by atoms with E-state index in [4.69, 9.17) is 0 Å². The smallest absolute Gasteiger partial charge is 0.325 e. The number of carbonyl (C=O) groups excluding carboxylic acids is 1. The van der Waals surface area contributed by atoms with Gasteiger partial charge in [0.1, 0.15) is 6.54 Å². The fourth-order valence-corrected chi connectivity index (χ4v) is 1.84. The highest BCUT2D eigenvalue weighted by Gasteiger charge is 2.34. The van der Waals surface area contributed by atoms with Gasteiger partial charge in [-0.1, -0.05) is 6.92 Å². The first-order valence-electron chi connectivity index (χ1n) is 5.54. The molecule has 0 unspecified atom stereocenters. The first-order valence-corrected chi connectivity index (χ1v) is 5.54. The first kappa shape index (κ1) is 13.1. The Bertz CT molecular complexity index is 237. The van der Waals surface area contributed by atoms with Crippen molar-refractivity contribution in [3.8, 4) is 0 Å². The van der Waals surface area contributed by atoms with Crippen molar-refractivity contribution in [1.29, 1.82) is 0 Å². The predicted octanol–water partition coefficient (Wildman–Crippen LogP) is 2.48. The third-order valence-corrected chi connectivity index (χ3v) is 2.51. The van der Waals surface area contributed by atoms with Gasteiger partial charge in [-0.05, 0) is 19.3 Å². The van der Waals surface area contributed by atoms with Gasteiger partial charge in [-0.15, -0.1) is 0 Å². The first-order chi connectivity index (χ1) is 7.44. The molecule has 0 radical (unpaired) electrons. The summed E-state index contributed by atoms with van der Waals surface area (Å²) in [6.07, 6.45) is -2.00. The van der Waals surface area contributed by atoms with Crippen LogP contribution in [0.4, 0.5) is 18.0 Å². The molecule has 16 heavy (non-hydrogen) atoms. The van der Waals surface area contributed by atoms with Crippen LogP contribution in [0.5, 0.6) is 0 Å². The van der Waals surface area contributed by atoms with Crippen LogP contribution >= 0.6 is 0 Å². The number of rotatable bonds is 3. The van der Waals surface area contributed by atoms with Crippen LogP contribution in [-0.4, -0.2) is 48.2 Å². The van der Waals surface area contributed by atoms with E-state index in [1.54, 1.807) is 6.92 Å². The van der Waals surface area contributed by atoms with Crippen molar-refractivity contribution in [1.82, 2.24) is 9.80 Å². The van der Waals surface area contributed by atoms with Gasteiger partial charge in [-0.2, -0.15) is 13.2 Å². The number of carbonyl (C=O) groups is 1. The average molecular weight is 238 g/mol. The predicted molar refractivity (Wildman–Crippen MR) is 54.1 cm³/mol. The highest BCUT2D eigenvalue weighted by Crippen LogP contribution is 2.19. The van der Waals surface area contributed by atoms with Crippen molar-refractivity contribution < 1.29 is 18.0 Å². The minimum absolute atomic E-state index is 0.162. The molecule has 1 heterocycles. The van der Waals surface area contributed by atoms with E-state index in [1.807, 2.05) is 0 Å². The van der Waals surface area contributed by atoms with Gasteiger partial charge in [-0.3, -0.25) is 0 Å². The molecular formula is C10H17F3N2O. The normalized spacial score (nSPS) is 16.6. The molecule has 0 aromatic rings. The fraction of sp³-hybridized carbons (Fsp3) is 0.900. The summed E-state index contributed by atoms with van der Waals surface area (Å²) >= 11 is 0. The van der Waals surface area contributed by atoms with Crippen LogP contribution in [-0.2, 0) is 0 Å². The van der Waals surface area contributed by atoms with E-state index in [0.29, 0.717) is 19.5 Å². The molecule has 2 amide bonds. The fourth-order valence-electron chi connectivity index (χ4n) is 1.84. The molecule has 0 bridgehead atoms. The zero-order valence-corrected chi connectivity index (χ0v) is 9.39. The zero-order valence-electron chi connectivity index (χ0n) is 9.39. The summed E-state index contributed by atoms with van der Waals surface area (Å²) in [5.74, 6) is 0. The van der Waals surface area contributed by atoms with Crippen LogP contribution < -0.4 is 0 Å². The van der Waals surface area contributed by atoms with Crippen LogP contribution in [0.15, 0.2) is 0 Å². The second-order valence-corrected chi connectivity index (χ2v) is 4.01. The molecule has 0 aliphatic carbocycles. The molecule has 1 saturated heterocycles. The number of alkyl halides is 3. The lowest BCUT2D eigenvalue weighted by Gasteiger charge is -2.28. The maximum absolute atomic E-state index is 12.3. The minimum atomic E-state index is -4.31. The number of nitrogens with zero attached hydrogens (tertiary/aromatic N) is 2. The van der Waals surface area contributed by atoms with Gasteiger partial charge in [0.05, 0.1) is 0 Å². The topological polar surface area (TPSA) is 23.6 Å². The van der Waals surface area contributed by atoms with Gasteiger partial charge in [0.15, 0.2) is 0 Å². The molecule has 0 aromatic carbocycles. The van der Waals surface area contributed by atoms with Crippen molar-refractivity contribution >= 4 is 6.03 Å². The van der Waals surface area contributed by atoms with Crippen molar-refractivity contribution in [2.75, 3.05) is 26.2 Å². The monoisotopic (exact) mass is 238 g/mol. The summed E-state index contributed by atoms with van der Waals surface area (Å²) in [5, 5.41) is 0. The minimum Gasteiger partial charge on any atom is -0.325 e. The van der Waals surface area contributed by atoms with Crippen LogP contribution in [0.1, 0.15) is 26.2 Å². The standard InChI is InChI=1S/C10H17F3N2O/c1-2-5-15(8-10(11,12)13)9(16)14-6-3-4-7-14/h2-8H2,1H3. The molecule has 1 fully saturated rings. The molecule has 1 aliphatic heterocycles. The molecule has 0 spiro atoms. The lowest BCUT2D eigenvalue weighted by molar-refractivity contribution is -0.141. The van der Waals surface area contributed by atoms with E-state index >= 15 is 0 Å². The Morgan fingerprint density at radius 3 is 2.31 bits per heavy atom. The van der Waals surface area contributed by atoms with Crippen LogP contribution in [0, 0.1) is 0 Å². The molecule has 6 heteroatoms. The molecule has 0 aromatic heterocycles. The second kappa shape index (κ2) is 5.41. The number of hydrogen-bond donors (Lipinski definition) is 0. The molecule has 3 nitrogen and oxygen atoms in total. The Labute approximate surface area is 93.2 Å². The number of urea groups is 1. The molecule has 0 atom stereocenters.